The molecule has 7 heteroatoms. The second-order valence-electron chi connectivity index (χ2n) is 11.0. The van der Waals surface area contributed by atoms with E-state index in [9.17, 15) is 13.2 Å². The Balaban J connectivity index is 1.62. The van der Waals surface area contributed by atoms with E-state index < -0.39 is 17.3 Å². The molecule has 222 valence electrons. The molecule has 0 amide bonds. The molecule has 0 aromatic heterocycles. The molecule has 4 aromatic rings. The molecule has 0 aliphatic carbocycles. The minimum atomic E-state index is -4.54. The van der Waals surface area contributed by atoms with Crippen LogP contribution in [0.3, 0.4) is 0 Å². The molecule has 0 radical (unpaired) electrons. The van der Waals surface area contributed by atoms with E-state index in [1.165, 1.54) is 6.07 Å². The summed E-state index contributed by atoms with van der Waals surface area (Å²) in [4.78, 5) is 2.20. The average Bonchev–Trinajstić information content (AvgIpc) is 2.98. The van der Waals surface area contributed by atoms with Crippen LogP contribution < -0.4 is 10.1 Å². The molecule has 3 nitrogen and oxygen atoms in total. The Bertz CT molecular complexity index is 1370. The zero-order valence-electron chi connectivity index (χ0n) is 24.3. The Labute approximate surface area is 252 Å². The molecule has 0 aliphatic heterocycles. The number of nitrogens with zero attached hydrogens (tertiary/aromatic N) is 1. The third-order valence-corrected chi connectivity index (χ3v) is 7.89. The van der Waals surface area contributed by atoms with Crippen molar-refractivity contribution in [3.63, 3.8) is 0 Å². The van der Waals surface area contributed by atoms with Crippen LogP contribution in [0.1, 0.15) is 49.4 Å². The first-order valence-corrected chi connectivity index (χ1v) is 14.6. The lowest BCUT2D eigenvalue weighted by Gasteiger charge is -2.43. The van der Waals surface area contributed by atoms with Gasteiger partial charge >= 0.3 is 6.18 Å². The highest BCUT2D eigenvalue weighted by Gasteiger charge is 2.37. The smallest absolute Gasteiger partial charge is 0.417 e. The summed E-state index contributed by atoms with van der Waals surface area (Å²) in [5.41, 5.74) is 2.02. The van der Waals surface area contributed by atoms with Gasteiger partial charge in [-0.2, -0.15) is 13.2 Å². The number of benzene rings is 4. The van der Waals surface area contributed by atoms with Crippen molar-refractivity contribution < 1.29 is 17.9 Å². The first kappa shape index (κ1) is 31.5. The molecule has 0 bridgehead atoms. The zero-order valence-corrected chi connectivity index (χ0v) is 25.1. The summed E-state index contributed by atoms with van der Waals surface area (Å²) < 4.78 is 47.3. The molecule has 0 saturated carbocycles. The van der Waals surface area contributed by atoms with Crippen molar-refractivity contribution >= 4 is 17.3 Å². The Kier molecular flexibility index (Phi) is 10.6. The van der Waals surface area contributed by atoms with Crippen LogP contribution in [0.15, 0.2) is 103 Å². The van der Waals surface area contributed by atoms with Crippen LogP contribution in [-0.4, -0.2) is 24.6 Å². The van der Waals surface area contributed by atoms with E-state index >= 15 is 0 Å². The minimum absolute atomic E-state index is 0.220. The zero-order chi connectivity index (χ0) is 30.2. The van der Waals surface area contributed by atoms with E-state index in [1.807, 2.05) is 60.7 Å². The maximum absolute atomic E-state index is 13.7. The largest absolute Gasteiger partial charge is 0.493 e. The third kappa shape index (κ3) is 7.87. The predicted molar refractivity (Wildman–Crippen MR) is 166 cm³/mol. The van der Waals surface area contributed by atoms with Crippen LogP contribution in [0.2, 0.25) is 5.02 Å². The summed E-state index contributed by atoms with van der Waals surface area (Å²) in [7, 11) is 0. The molecule has 4 aromatic carbocycles. The standard InChI is InChI=1S/C35H38ClF3N2O/c1-26(2)24-40-30-18-11-19-31(23-30)42-22-12-21-41(25-27-13-10-20-32(33(27)36)35(37,38)39)34(3,28-14-6-4-7-15-28)29-16-8-5-9-17-29/h4-11,13-20,23,26,40H,12,21-22,24-25H2,1-3H3. The third-order valence-electron chi connectivity index (χ3n) is 7.44. The van der Waals surface area contributed by atoms with Crippen LogP contribution in [-0.2, 0) is 18.3 Å². The summed E-state index contributed by atoms with van der Waals surface area (Å²) in [5, 5.41) is 3.15. The molecule has 1 N–H and O–H groups in total. The second-order valence-corrected chi connectivity index (χ2v) is 11.4. The van der Waals surface area contributed by atoms with Gasteiger partial charge in [0.1, 0.15) is 5.75 Å². The molecule has 0 atom stereocenters. The Hall–Kier alpha value is -3.48. The van der Waals surface area contributed by atoms with Gasteiger partial charge < -0.3 is 10.1 Å². The fourth-order valence-corrected chi connectivity index (χ4v) is 5.40. The van der Waals surface area contributed by atoms with Gasteiger partial charge in [-0.3, -0.25) is 4.90 Å². The first-order valence-electron chi connectivity index (χ1n) is 14.3. The SMILES string of the molecule is CC(C)CNc1cccc(OCCCN(Cc2cccc(C(F)(F)F)c2Cl)C(C)(c2ccccc2)c2ccccc2)c1. The lowest BCUT2D eigenvalue weighted by atomic mass is 9.82. The normalized spacial score (nSPS) is 12.1. The van der Waals surface area contributed by atoms with Crippen LogP contribution in [0.25, 0.3) is 0 Å². The van der Waals surface area contributed by atoms with Gasteiger partial charge in [-0.1, -0.05) is 104 Å². The summed E-state index contributed by atoms with van der Waals surface area (Å²) >= 11 is 6.40. The molecule has 42 heavy (non-hydrogen) atoms. The summed E-state index contributed by atoms with van der Waals surface area (Å²) in [6, 6.07) is 32.1. The van der Waals surface area contributed by atoms with E-state index in [0.29, 0.717) is 31.1 Å². The van der Waals surface area contributed by atoms with E-state index in [0.717, 1.165) is 35.2 Å². The number of ether oxygens (including phenoxy) is 1. The fourth-order valence-electron chi connectivity index (χ4n) is 5.11. The molecule has 4 rings (SSSR count). The van der Waals surface area contributed by atoms with Crippen molar-refractivity contribution in [1.82, 2.24) is 4.90 Å². The van der Waals surface area contributed by atoms with Crippen LogP contribution in [0, 0.1) is 5.92 Å². The monoisotopic (exact) mass is 594 g/mol. The van der Waals surface area contributed by atoms with Crippen LogP contribution >= 0.6 is 11.6 Å². The van der Waals surface area contributed by atoms with Crippen LogP contribution in [0.5, 0.6) is 5.75 Å². The lowest BCUT2D eigenvalue weighted by molar-refractivity contribution is -0.137. The van der Waals surface area contributed by atoms with E-state index in [4.69, 9.17) is 16.3 Å². The maximum Gasteiger partial charge on any atom is 0.417 e. The van der Waals surface area contributed by atoms with Crippen molar-refractivity contribution in [3.8, 4) is 5.75 Å². The molecule has 0 spiro atoms. The van der Waals surface area contributed by atoms with Gasteiger partial charge in [0.05, 0.1) is 22.7 Å². The molecule has 0 heterocycles. The number of nitrogens with one attached hydrogen (secondary N) is 1. The van der Waals surface area contributed by atoms with Gasteiger partial charge in [-0.05, 0) is 54.2 Å². The number of halogens is 4. The Morgan fingerprint density at radius 3 is 2.05 bits per heavy atom. The fraction of sp³-hybridized carbons (Fsp3) is 0.314. The van der Waals surface area contributed by atoms with E-state index in [-0.39, 0.29) is 11.6 Å². The van der Waals surface area contributed by atoms with Gasteiger partial charge in [-0.15, -0.1) is 0 Å². The highest BCUT2D eigenvalue weighted by molar-refractivity contribution is 6.32. The molecule has 0 unspecified atom stereocenters. The highest BCUT2D eigenvalue weighted by atomic mass is 35.5. The Morgan fingerprint density at radius 1 is 0.833 bits per heavy atom. The van der Waals surface area contributed by atoms with E-state index in [2.05, 4.69) is 55.3 Å². The number of hydrogen-bond donors (Lipinski definition) is 1. The van der Waals surface area contributed by atoms with Gasteiger partial charge in [-0.25, -0.2) is 0 Å². The lowest BCUT2D eigenvalue weighted by Crippen LogP contribution is -2.45. The second kappa shape index (κ2) is 14.1. The highest BCUT2D eigenvalue weighted by Crippen LogP contribution is 2.40. The number of rotatable bonds is 13. The predicted octanol–water partition coefficient (Wildman–Crippen LogP) is 9.66. The van der Waals surface area contributed by atoms with Crippen molar-refractivity contribution in [2.24, 2.45) is 5.92 Å². The summed E-state index contributed by atoms with van der Waals surface area (Å²) in [6.07, 6.45) is -3.89. The average molecular weight is 595 g/mol. The van der Waals surface area contributed by atoms with Crippen molar-refractivity contribution in [1.29, 1.82) is 0 Å². The summed E-state index contributed by atoms with van der Waals surface area (Å²) in [6.45, 7) is 8.52. The number of hydrogen-bond acceptors (Lipinski definition) is 3. The quantitative estimate of drug-likeness (QED) is 0.156. The number of anilines is 1. The van der Waals surface area contributed by atoms with Gasteiger partial charge in [0.25, 0.3) is 0 Å². The summed E-state index contributed by atoms with van der Waals surface area (Å²) in [5.74, 6) is 1.29. The molecular formula is C35H38ClF3N2O. The minimum Gasteiger partial charge on any atom is -0.493 e. The maximum atomic E-state index is 13.7. The van der Waals surface area contributed by atoms with E-state index in [1.54, 1.807) is 6.07 Å². The number of alkyl halides is 3. The van der Waals surface area contributed by atoms with Gasteiger partial charge in [0, 0.05) is 31.4 Å². The van der Waals surface area contributed by atoms with Crippen LogP contribution in [0.4, 0.5) is 18.9 Å². The first-order chi connectivity index (χ1) is 20.1. The van der Waals surface area contributed by atoms with Crippen molar-refractivity contribution in [3.05, 3.63) is 130 Å². The van der Waals surface area contributed by atoms with Gasteiger partial charge in [0.2, 0.25) is 0 Å². The molecular weight excluding hydrogens is 557 g/mol. The van der Waals surface area contributed by atoms with Gasteiger partial charge in [0.15, 0.2) is 0 Å². The molecule has 0 fully saturated rings. The Morgan fingerprint density at radius 2 is 1.45 bits per heavy atom. The van der Waals surface area contributed by atoms with Crippen molar-refractivity contribution in [2.45, 2.75) is 45.5 Å². The topological polar surface area (TPSA) is 24.5 Å². The molecule has 0 saturated heterocycles. The van der Waals surface area contributed by atoms with Crippen molar-refractivity contribution in [2.75, 3.05) is 25.0 Å². The molecule has 0 aliphatic rings.